The van der Waals surface area contributed by atoms with Gasteiger partial charge < -0.3 is 4.74 Å². The Bertz CT molecular complexity index is 862. The summed E-state index contributed by atoms with van der Waals surface area (Å²) in [5.41, 5.74) is 3.34. The Hall–Kier alpha value is -2.53. The van der Waals surface area contributed by atoms with Gasteiger partial charge in [-0.2, -0.15) is 0 Å². The fourth-order valence-corrected chi connectivity index (χ4v) is 4.21. The molecule has 0 atom stereocenters. The highest BCUT2D eigenvalue weighted by Crippen LogP contribution is 2.37. The average Bonchev–Trinajstić information content (AvgIpc) is 2.76. The van der Waals surface area contributed by atoms with Crippen LogP contribution in [0, 0.1) is 23.7 Å². The van der Waals surface area contributed by atoms with Crippen LogP contribution < -0.4 is 4.74 Å². The van der Waals surface area contributed by atoms with E-state index in [-0.39, 0.29) is 11.9 Å². The van der Waals surface area contributed by atoms with Gasteiger partial charge in [0.05, 0.1) is 5.92 Å². The smallest absolute Gasteiger partial charge is 0.314 e. The van der Waals surface area contributed by atoms with Gasteiger partial charge in [0.1, 0.15) is 5.75 Å². The van der Waals surface area contributed by atoms with E-state index in [0.717, 1.165) is 30.4 Å². The lowest BCUT2D eigenvalue weighted by atomic mass is 9.73. The third kappa shape index (κ3) is 7.59. The number of ether oxygens (including phenoxy) is 1. The second-order valence-corrected chi connectivity index (χ2v) is 8.88. The maximum absolute atomic E-state index is 12.2. The molecule has 0 unspecified atom stereocenters. The maximum Gasteiger partial charge on any atom is 0.314 e. The fourth-order valence-electron chi connectivity index (χ4n) is 4.21. The molecule has 1 saturated carbocycles. The summed E-state index contributed by atoms with van der Waals surface area (Å²) >= 11 is 0. The highest BCUT2D eigenvalue weighted by Gasteiger charge is 2.35. The molecule has 2 aromatic carbocycles. The lowest BCUT2D eigenvalue weighted by molar-refractivity contribution is -0.143. The van der Waals surface area contributed by atoms with E-state index in [1.165, 1.54) is 50.5 Å². The van der Waals surface area contributed by atoms with Crippen LogP contribution in [0.25, 0.3) is 0 Å². The molecule has 1 fully saturated rings. The SMILES string of the molecule is CCCCCCCc1ccc(C#Cc2ccc(OC(=O)C3CC(CCC)C3)cc2)cc1. The summed E-state index contributed by atoms with van der Waals surface area (Å²) in [6, 6.07) is 16.1. The summed E-state index contributed by atoms with van der Waals surface area (Å²) in [7, 11) is 0. The molecule has 0 radical (unpaired) electrons. The van der Waals surface area contributed by atoms with E-state index < -0.39 is 0 Å². The van der Waals surface area contributed by atoms with Gasteiger partial charge in [-0.25, -0.2) is 0 Å². The number of hydrogen-bond donors (Lipinski definition) is 0. The Morgan fingerprint density at radius 3 is 2.06 bits per heavy atom. The molecule has 0 spiro atoms. The first-order valence-electron chi connectivity index (χ1n) is 12.1. The van der Waals surface area contributed by atoms with Crippen LogP contribution >= 0.6 is 0 Å². The first-order valence-corrected chi connectivity index (χ1v) is 12.1. The van der Waals surface area contributed by atoms with E-state index in [1.54, 1.807) is 0 Å². The molecule has 1 aliphatic rings. The van der Waals surface area contributed by atoms with Gasteiger partial charge in [-0.1, -0.05) is 76.3 Å². The van der Waals surface area contributed by atoms with Gasteiger partial charge in [0.25, 0.3) is 0 Å². The van der Waals surface area contributed by atoms with Gasteiger partial charge >= 0.3 is 5.97 Å². The summed E-state index contributed by atoms with van der Waals surface area (Å²) in [5, 5.41) is 0. The molecule has 2 aromatic rings. The van der Waals surface area contributed by atoms with Gasteiger partial charge in [-0.15, -0.1) is 0 Å². The van der Waals surface area contributed by atoms with Crippen LogP contribution in [0.3, 0.4) is 0 Å². The largest absolute Gasteiger partial charge is 0.426 e. The van der Waals surface area contributed by atoms with Crippen molar-refractivity contribution in [1.29, 1.82) is 0 Å². The summed E-state index contributed by atoms with van der Waals surface area (Å²) in [6.45, 7) is 4.45. The third-order valence-corrected chi connectivity index (χ3v) is 6.21. The summed E-state index contributed by atoms with van der Waals surface area (Å²) in [4.78, 5) is 12.2. The number of unbranched alkanes of at least 4 members (excludes halogenated alkanes) is 4. The number of hydrogen-bond acceptors (Lipinski definition) is 2. The number of benzene rings is 2. The van der Waals surface area contributed by atoms with Gasteiger partial charge in [-0.05, 0) is 73.6 Å². The Morgan fingerprint density at radius 1 is 0.839 bits per heavy atom. The Morgan fingerprint density at radius 2 is 1.45 bits per heavy atom. The predicted octanol–water partition coefficient (Wildman–Crippen LogP) is 7.33. The highest BCUT2D eigenvalue weighted by molar-refractivity contribution is 5.76. The summed E-state index contributed by atoms with van der Waals surface area (Å²) in [5.74, 6) is 7.74. The molecule has 0 bridgehead atoms. The van der Waals surface area contributed by atoms with E-state index in [0.29, 0.717) is 11.7 Å². The van der Waals surface area contributed by atoms with Gasteiger partial charge in [0.15, 0.2) is 0 Å². The molecule has 0 amide bonds. The average molecular weight is 417 g/mol. The molecule has 0 heterocycles. The van der Waals surface area contributed by atoms with Crippen molar-refractivity contribution in [2.45, 2.75) is 78.1 Å². The van der Waals surface area contributed by atoms with Crippen molar-refractivity contribution in [3.63, 3.8) is 0 Å². The highest BCUT2D eigenvalue weighted by atomic mass is 16.5. The Kier molecular flexibility index (Phi) is 9.22. The van der Waals surface area contributed by atoms with Crippen LogP contribution in [0.1, 0.15) is 88.3 Å². The molecule has 3 rings (SSSR count). The second kappa shape index (κ2) is 12.4. The monoisotopic (exact) mass is 416 g/mol. The number of carbonyl (C=O) groups is 1. The first kappa shape index (κ1) is 23.1. The minimum atomic E-state index is -0.0864. The number of aryl methyl sites for hydroxylation is 1. The van der Waals surface area contributed by atoms with Crippen LogP contribution in [0.2, 0.25) is 0 Å². The molecule has 0 saturated heterocycles. The lowest BCUT2D eigenvalue weighted by Gasteiger charge is -2.33. The minimum absolute atomic E-state index is 0.0790. The Balaban J connectivity index is 1.44. The van der Waals surface area contributed by atoms with Crippen molar-refractivity contribution in [1.82, 2.24) is 0 Å². The molecule has 0 N–H and O–H groups in total. The fraction of sp³-hybridized carbons (Fsp3) is 0.483. The van der Waals surface area contributed by atoms with Gasteiger partial charge in [0.2, 0.25) is 0 Å². The standard InChI is InChI=1S/C29H36O2/c1-3-5-6-7-8-10-23-11-13-24(14-12-23)15-16-25-17-19-28(20-18-25)31-29(30)27-21-26(22-27)9-4-2/h11-14,17-20,26-27H,3-10,21-22H2,1-2H3. The van der Waals surface area contributed by atoms with Crippen LogP contribution in [0.5, 0.6) is 5.75 Å². The zero-order chi connectivity index (χ0) is 21.9. The van der Waals surface area contributed by atoms with E-state index in [9.17, 15) is 4.79 Å². The normalized spacial score (nSPS) is 17.4. The van der Waals surface area contributed by atoms with Gasteiger partial charge in [0, 0.05) is 11.1 Å². The predicted molar refractivity (Wildman–Crippen MR) is 128 cm³/mol. The van der Waals surface area contributed by atoms with Crippen molar-refractivity contribution in [3.05, 3.63) is 65.2 Å². The van der Waals surface area contributed by atoms with Crippen LogP contribution in [0.4, 0.5) is 0 Å². The van der Waals surface area contributed by atoms with E-state index in [2.05, 4.69) is 50.0 Å². The van der Waals surface area contributed by atoms with Crippen LogP contribution in [-0.4, -0.2) is 5.97 Å². The summed E-state index contributed by atoms with van der Waals surface area (Å²) < 4.78 is 5.54. The quantitative estimate of drug-likeness (QED) is 0.175. The van der Waals surface area contributed by atoms with E-state index in [4.69, 9.17) is 4.74 Å². The molecule has 164 valence electrons. The molecule has 0 aromatic heterocycles. The van der Waals surface area contributed by atoms with Gasteiger partial charge in [-0.3, -0.25) is 4.79 Å². The maximum atomic E-state index is 12.2. The molecule has 0 aliphatic heterocycles. The molecule has 2 heteroatoms. The lowest BCUT2D eigenvalue weighted by Crippen LogP contribution is -2.33. The van der Waals surface area contributed by atoms with Crippen molar-refractivity contribution in [2.75, 3.05) is 0 Å². The number of esters is 1. The van der Waals surface area contributed by atoms with Crippen molar-refractivity contribution >= 4 is 5.97 Å². The zero-order valence-corrected chi connectivity index (χ0v) is 19.2. The van der Waals surface area contributed by atoms with Crippen molar-refractivity contribution in [2.24, 2.45) is 11.8 Å². The number of carbonyl (C=O) groups excluding carboxylic acids is 1. The molecule has 31 heavy (non-hydrogen) atoms. The first-order chi connectivity index (χ1) is 15.2. The molecule has 2 nitrogen and oxygen atoms in total. The minimum Gasteiger partial charge on any atom is -0.426 e. The number of rotatable bonds is 10. The van der Waals surface area contributed by atoms with Crippen molar-refractivity contribution < 1.29 is 9.53 Å². The Labute approximate surface area is 188 Å². The zero-order valence-electron chi connectivity index (χ0n) is 19.2. The molecular formula is C29H36O2. The molecule has 1 aliphatic carbocycles. The summed E-state index contributed by atoms with van der Waals surface area (Å²) in [6.07, 6.45) is 12.1. The molecular weight excluding hydrogens is 380 g/mol. The van der Waals surface area contributed by atoms with E-state index in [1.807, 2.05) is 24.3 Å². The van der Waals surface area contributed by atoms with Crippen molar-refractivity contribution in [3.8, 4) is 17.6 Å². The van der Waals surface area contributed by atoms with Crippen LogP contribution in [-0.2, 0) is 11.2 Å². The van der Waals surface area contributed by atoms with E-state index >= 15 is 0 Å². The topological polar surface area (TPSA) is 26.3 Å². The second-order valence-electron chi connectivity index (χ2n) is 8.88. The third-order valence-electron chi connectivity index (χ3n) is 6.21. The van der Waals surface area contributed by atoms with Crippen LogP contribution in [0.15, 0.2) is 48.5 Å².